The average molecular weight is 476 g/mol. The molecule has 0 saturated carbocycles. The maximum absolute atomic E-state index is 13.0. The Kier molecular flexibility index (Phi) is 6.39. The zero-order valence-electron chi connectivity index (χ0n) is 19.1. The van der Waals surface area contributed by atoms with Gasteiger partial charge in [-0.1, -0.05) is 48.5 Å². The van der Waals surface area contributed by atoms with Crippen molar-refractivity contribution in [2.75, 3.05) is 24.5 Å². The molecule has 3 aromatic carbocycles. The molecule has 2 aliphatic rings. The number of likely N-dealkylation sites (tertiary alicyclic amines) is 1. The average Bonchev–Trinajstić information content (AvgIpc) is 3.39. The number of anilines is 1. The molecule has 1 fully saturated rings. The number of sulfonamides is 1. The number of carbonyl (C=O) groups excluding carboxylic acids is 1. The lowest BCUT2D eigenvalue weighted by Gasteiger charge is -2.37. The predicted octanol–water partition coefficient (Wildman–Crippen LogP) is 3.83. The molecule has 1 amide bonds. The van der Waals surface area contributed by atoms with Crippen molar-refractivity contribution in [2.24, 2.45) is 0 Å². The normalized spacial score (nSPS) is 18.1. The Morgan fingerprint density at radius 3 is 2.29 bits per heavy atom. The second-order valence-corrected chi connectivity index (χ2v) is 10.8. The highest BCUT2D eigenvalue weighted by Gasteiger charge is 2.30. The monoisotopic (exact) mass is 475 g/mol. The smallest absolute Gasteiger partial charge is 0.253 e. The van der Waals surface area contributed by atoms with Crippen molar-refractivity contribution >= 4 is 21.6 Å². The van der Waals surface area contributed by atoms with Crippen LogP contribution in [0.4, 0.5) is 5.69 Å². The van der Waals surface area contributed by atoms with E-state index in [-0.39, 0.29) is 16.8 Å². The lowest BCUT2D eigenvalue weighted by Crippen LogP contribution is -2.48. The molecule has 2 aliphatic heterocycles. The summed E-state index contributed by atoms with van der Waals surface area (Å²) in [5, 5.41) is 0. The van der Waals surface area contributed by atoms with Crippen molar-refractivity contribution in [3.8, 4) is 0 Å². The fourth-order valence-corrected chi connectivity index (χ4v) is 6.16. The van der Waals surface area contributed by atoms with Gasteiger partial charge in [-0.15, -0.1) is 0 Å². The highest BCUT2D eigenvalue weighted by molar-refractivity contribution is 7.89. The molecule has 7 heteroatoms. The molecule has 176 valence electrons. The van der Waals surface area contributed by atoms with Crippen LogP contribution in [0.5, 0.6) is 0 Å². The third kappa shape index (κ3) is 4.86. The Hall–Kier alpha value is -3.16. The first-order chi connectivity index (χ1) is 16.5. The highest BCUT2D eigenvalue weighted by Crippen LogP contribution is 2.31. The molecule has 0 radical (unpaired) electrons. The van der Waals surface area contributed by atoms with Crippen LogP contribution >= 0.6 is 0 Å². The minimum atomic E-state index is -3.65. The van der Waals surface area contributed by atoms with E-state index >= 15 is 0 Å². The summed E-state index contributed by atoms with van der Waals surface area (Å²) in [6.45, 7) is 2.81. The molecule has 1 atom stereocenters. The summed E-state index contributed by atoms with van der Waals surface area (Å²) in [7, 11) is -3.65. The van der Waals surface area contributed by atoms with Crippen molar-refractivity contribution in [3.05, 3.63) is 95.6 Å². The molecule has 3 aromatic rings. The van der Waals surface area contributed by atoms with Gasteiger partial charge in [-0.3, -0.25) is 4.79 Å². The molecule has 34 heavy (non-hydrogen) atoms. The Balaban J connectivity index is 1.45. The first kappa shape index (κ1) is 22.6. The number of carbonyl (C=O) groups is 1. The van der Waals surface area contributed by atoms with Gasteiger partial charge in [-0.25, -0.2) is 13.1 Å². The van der Waals surface area contributed by atoms with E-state index in [0.717, 1.165) is 42.7 Å². The van der Waals surface area contributed by atoms with E-state index in [2.05, 4.69) is 21.8 Å². The molecular weight excluding hydrogens is 446 g/mol. The molecule has 5 rings (SSSR count). The van der Waals surface area contributed by atoms with E-state index in [4.69, 9.17) is 0 Å². The maximum Gasteiger partial charge on any atom is 0.253 e. The number of hydrogen-bond acceptors (Lipinski definition) is 4. The Bertz CT molecular complexity index is 1260. The molecule has 0 aliphatic carbocycles. The topological polar surface area (TPSA) is 69.7 Å². The van der Waals surface area contributed by atoms with Gasteiger partial charge < -0.3 is 9.80 Å². The minimum absolute atomic E-state index is 0.0573. The van der Waals surface area contributed by atoms with Gasteiger partial charge in [0.05, 0.1) is 4.90 Å². The lowest BCUT2D eigenvalue weighted by atomic mass is 9.95. The van der Waals surface area contributed by atoms with Crippen LogP contribution in [-0.2, 0) is 23.0 Å². The Morgan fingerprint density at radius 1 is 0.912 bits per heavy atom. The van der Waals surface area contributed by atoms with Gasteiger partial charge in [0.2, 0.25) is 10.0 Å². The van der Waals surface area contributed by atoms with E-state index in [0.29, 0.717) is 25.1 Å². The molecule has 0 aromatic heterocycles. The fraction of sp³-hybridized carbons (Fsp3) is 0.296. The van der Waals surface area contributed by atoms with Crippen LogP contribution < -0.4 is 9.62 Å². The summed E-state index contributed by atoms with van der Waals surface area (Å²) in [5.41, 5.74) is 3.87. The summed E-state index contributed by atoms with van der Waals surface area (Å²) < 4.78 is 29.0. The zero-order valence-corrected chi connectivity index (χ0v) is 19.9. The van der Waals surface area contributed by atoms with E-state index in [1.54, 1.807) is 30.3 Å². The molecule has 0 spiro atoms. The number of nitrogens with zero attached hydrogens (tertiary/aromatic N) is 2. The van der Waals surface area contributed by atoms with Crippen molar-refractivity contribution < 1.29 is 13.2 Å². The number of nitrogens with one attached hydrogen (secondary N) is 1. The molecule has 2 heterocycles. The minimum Gasteiger partial charge on any atom is -0.365 e. The molecule has 1 N–H and O–H groups in total. The molecular formula is C27H29N3O3S. The number of benzene rings is 3. The van der Waals surface area contributed by atoms with Gasteiger partial charge in [-0.05, 0) is 60.7 Å². The van der Waals surface area contributed by atoms with Crippen molar-refractivity contribution in [2.45, 2.75) is 36.7 Å². The summed E-state index contributed by atoms with van der Waals surface area (Å²) in [5.74, 6) is 0.0573. The second kappa shape index (κ2) is 9.60. The van der Waals surface area contributed by atoms with E-state index in [9.17, 15) is 13.2 Å². The van der Waals surface area contributed by atoms with Gasteiger partial charge >= 0.3 is 0 Å². The zero-order chi connectivity index (χ0) is 23.5. The molecule has 0 bridgehead atoms. The fourth-order valence-electron chi connectivity index (χ4n) is 4.91. The largest absolute Gasteiger partial charge is 0.365 e. The van der Waals surface area contributed by atoms with E-state index in [1.165, 1.54) is 0 Å². The number of amides is 1. The Labute approximate surface area is 201 Å². The van der Waals surface area contributed by atoms with Crippen molar-refractivity contribution in [1.29, 1.82) is 0 Å². The Morgan fingerprint density at radius 2 is 1.59 bits per heavy atom. The maximum atomic E-state index is 13.0. The van der Waals surface area contributed by atoms with Crippen LogP contribution in [-0.4, -0.2) is 44.9 Å². The van der Waals surface area contributed by atoms with Gasteiger partial charge in [0, 0.05) is 43.5 Å². The number of rotatable bonds is 6. The van der Waals surface area contributed by atoms with Crippen LogP contribution in [0.3, 0.4) is 0 Å². The van der Waals surface area contributed by atoms with Crippen LogP contribution in [0.2, 0.25) is 0 Å². The number of fused-ring (bicyclic) bond motifs is 1. The summed E-state index contributed by atoms with van der Waals surface area (Å²) >= 11 is 0. The third-order valence-corrected chi connectivity index (χ3v) is 8.10. The predicted molar refractivity (Wildman–Crippen MR) is 133 cm³/mol. The van der Waals surface area contributed by atoms with E-state index in [1.807, 2.05) is 41.3 Å². The molecule has 1 saturated heterocycles. The SMILES string of the molecule is O=C(c1ccc2c(c1)CC(NS(=O)(=O)c1ccccc1)CN2Cc1ccccc1)N1CCCC1. The molecule has 1 unspecified atom stereocenters. The molecule has 6 nitrogen and oxygen atoms in total. The first-order valence-corrected chi connectivity index (χ1v) is 13.3. The summed E-state index contributed by atoms with van der Waals surface area (Å²) in [6, 6.07) is 24.2. The lowest BCUT2D eigenvalue weighted by molar-refractivity contribution is 0.0792. The van der Waals surface area contributed by atoms with Gasteiger partial charge in [-0.2, -0.15) is 0 Å². The third-order valence-electron chi connectivity index (χ3n) is 6.56. The number of hydrogen-bond donors (Lipinski definition) is 1. The van der Waals surface area contributed by atoms with Crippen LogP contribution in [0.15, 0.2) is 83.8 Å². The van der Waals surface area contributed by atoms with Crippen LogP contribution in [0.25, 0.3) is 0 Å². The van der Waals surface area contributed by atoms with Gasteiger partial charge in [0.1, 0.15) is 0 Å². The van der Waals surface area contributed by atoms with E-state index < -0.39 is 10.0 Å². The summed E-state index contributed by atoms with van der Waals surface area (Å²) in [6.07, 6.45) is 2.63. The second-order valence-electron chi connectivity index (χ2n) is 9.04. The van der Waals surface area contributed by atoms with Crippen LogP contribution in [0, 0.1) is 0 Å². The van der Waals surface area contributed by atoms with Gasteiger partial charge in [0.15, 0.2) is 0 Å². The van der Waals surface area contributed by atoms with Crippen LogP contribution in [0.1, 0.15) is 34.3 Å². The first-order valence-electron chi connectivity index (χ1n) is 11.8. The quantitative estimate of drug-likeness (QED) is 0.588. The van der Waals surface area contributed by atoms with Crippen molar-refractivity contribution in [3.63, 3.8) is 0 Å². The van der Waals surface area contributed by atoms with Gasteiger partial charge in [0.25, 0.3) is 5.91 Å². The van der Waals surface area contributed by atoms with Crippen molar-refractivity contribution in [1.82, 2.24) is 9.62 Å². The summed E-state index contributed by atoms with van der Waals surface area (Å²) in [4.78, 5) is 17.4. The highest BCUT2D eigenvalue weighted by atomic mass is 32.2. The standard InChI is InChI=1S/C27H29N3O3S/c31-27(29-15-7-8-16-29)22-13-14-26-23(17-22)18-24(20-30(26)19-21-9-3-1-4-10-21)28-34(32,33)25-11-5-2-6-12-25/h1-6,9-14,17,24,28H,7-8,15-16,18-20H2.